The predicted molar refractivity (Wildman–Crippen MR) is 387 cm³/mol. The third kappa shape index (κ3) is 79.0. The summed E-state index contributed by atoms with van der Waals surface area (Å²) in [4.78, 5) is 10.2. The van der Waals surface area contributed by atoms with Crippen LogP contribution in [0.5, 0.6) is 0 Å². The minimum absolute atomic E-state index is 0.132. The molecule has 2 nitrogen and oxygen atoms in total. The van der Waals surface area contributed by atoms with Crippen molar-refractivity contribution in [1.82, 2.24) is 0 Å². The van der Waals surface area contributed by atoms with E-state index < -0.39 is 0 Å². The lowest BCUT2D eigenvalue weighted by Gasteiger charge is -2.17. The summed E-state index contributed by atoms with van der Waals surface area (Å²) in [6, 6.07) is 0. The Hall–Kier alpha value is 6.47. The second-order valence-corrected chi connectivity index (χ2v) is 37.7. The van der Waals surface area contributed by atoms with Crippen LogP contribution in [0.3, 0.4) is 0 Å². The van der Waals surface area contributed by atoms with Crippen LogP contribution in [-0.4, -0.2) is 171 Å². The van der Waals surface area contributed by atoms with Gasteiger partial charge in [-0.15, -0.1) is 0 Å². The first-order chi connectivity index (χ1) is 31.6. The van der Waals surface area contributed by atoms with E-state index >= 15 is 0 Å². The molecule has 15 atom stereocenters. The lowest BCUT2D eigenvalue weighted by Crippen LogP contribution is -2.11. The maximum Gasteiger partial charge on any atom is 0.367 e. The first-order valence-corrected chi connectivity index (χ1v) is 39.7. The van der Waals surface area contributed by atoms with Crippen LogP contribution < -0.4 is 0 Å². The number of hydrogen-bond acceptors (Lipinski definition) is 22. The minimum atomic E-state index is -0.132. The summed E-state index contributed by atoms with van der Waals surface area (Å²) in [6.45, 7) is 32.7. The van der Waals surface area contributed by atoms with Gasteiger partial charge in [-0.25, -0.2) is 4.79 Å². The van der Waals surface area contributed by atoms with Crippen molar-refractivity contribution in [2.45, 2.75) is 183 Å². The Morgan fingerprint density at radius 2 is 0.618 bits per heavy atom. The van der Waals surface area contributed by atoms with E-state index in [-0.39, 0.29) is 11.4 Å². The highest BCUT2D eigenvalue weighted by Crippen LogP contribution is 2.26. The van der Waals surface area contributed by atoms with Gasteiger partial charge >= 0.3 is 5.30 Å². The van der Waals surface area contributed by atoms with Crippen molar-refractivity contribution >= 4 is 249 Å². The second-order valence-electron chi connectivity index (χ2n) is 17.1. The average Bonchev–Trinajstić information content (AvgIpc) is 3.65. The largest absolute Gasteiger partial charge is 0.454 e. The maximum absolute atomic E-state index is 10.2. The van der Waals surface area contributed by atoms with Gasteiger partial charge in [0, 0.05) is 160 Å². The van der Waals surface area contributed by atoms with Gasteiger partial charge in [0.25, 0.3) is 0 Å². The molecule has 0 aromatic heterocycles. The number of rotatable bonds is 32. The van der Waals surface area contributed by atoms with Gasteiger partial charge in [0.15, 0.2) is 0 Å². The quantitative estimate of drug-likeness (QED) is 0.0235. The Morgan fingerprint density at radius 1 is 0.397 bits per heavy atom. The van der Waals surface area contributed by atoms with Gasteiger partial charge in [-0.3, -0.25) is 0 Å². The molecule has 0 saturated carbocycles. The Balaban J connectivity index is -0.000000239. The van der Waals surface area contributed by atoms with Crippen LogP contribution in [0.25, 0.3) is 0 Å². The topological polar surface area (TPSA) is 26.3 Å². The monoisotopic (exact) mass is 1320 g/mol. The molecule has 1 aliphatic heterocycles. The summed E-state index contributed by atoms with van der Waals surface area (Å²) in [5.74, 6) is 16.7. The predicted octanol–water partition coefficient (Wildman–Crippen LogP) is 17.5. The van der Waals surface area contributed by atoms with Crippen LogP contribution in [0.1, 0.15) is 104 Å². The maximum atomic E-state index is 10.2. The second kappa shape index (κ2) is 59.6. The first kappa shape index (κ1) is 83.3. The van der Waals surface area contributed by atoms with Gasteiger partial charge < -0.3 is 4.74 Å². The first-order valence-electron chi connectivity index (χ1n) is 23.5. The number of carbonyl (C=O) groups excluding carboxylic acids is 1. The third-order valence-electron chi connectivity index (χ3n) is 7.27. The molecule has 416 valence electrons. The van der Waals surface area contributed by atoms with E-state index in [1.807, 2.05) is 101 Å². The van der Waals surface area contributed by atoms with Gasteiger partial charge in [-0.05, 0) is 18.7 Å². The van der Waals surface area contributed by atoms with Crippen molar-refractivity contribution in [2.75, 3.05) is 86.3 Å². The van der Waals surface area contributed by atoms with Crippen molar-refractivity contribution in [3.05, 3.63) is 0 Å². The standard InChI is InChI=1S/C12H26S5.2C9H20S4.2C6H14S3.C4H6O2S/c1-9(14)6-15-11(3)8-17-12(4)7-16-10(2)5-13;1-7(11)5-12-9(3)6-13-8(2)4-10;1-7(10)4-12-6-9(3)13-5-8(2)11;1-5(8)4-9-6(2)3-7;1-5(7)3-9-4-6(2)8;1-3-2-7-4(5)6-3/h9-14H,5-8H2,1-4H3;2*7-11H,4-6H2,1-3H3;2*5-8H,3-4H2,1-2H3;3H,2H2,1H3. The van der Waals surface area contributed by atoms with E-state index in [1.54, 1.807) is 0 Å². The van der Waals surface area contributed by atoms with Crippen LogP contribution >= 0.6 is 244 Å². The molecule has 0 bridgehead atoms. The van der Waals surface area contributed by atoms with Crippen LogP contribution in [-0.2, 0) is 4.74 Å². The number of thioether (sulfide) groups is 10. The number of ether oxygens (including phenoxy) is 1. The number of carbonyl (C=O) groups is 1. The smallest absolute Gasteiger partial charge is 0.367 e. The van der Waals surface area contributed by atoms with Crippen LogP contribution in [0, 0.1) is 0 Å². The fraction of sp³-hybridized carbons (Fsp3) is 0.978. The SMILES string of the molecule is CC(S)CSC(C)CS.CC(S)CSC(C)CSC(C)CS.CC(S)CSC(C)CSC(C)CSC(C)CS.CC(S)CSCC(C)S.CC(S)CSCC(C)SCC(C)S.CC1CSC(=O)O1. The van der Waals surface area contributed by atoms with Crippen LogP contribution in [0.4, 0.5) is 4.79 Å². The number of hydrogen-bond donors (Lipinski definition) is 10. The summed E-state index contributed by atoms with van der Waals surface area (Å²) in [5, 5.41) is 8.47. The summed E-state index contributed by atoms with van der Waals surface area (Å²) < 4.78 is 4.69. The Bertz CT molecular complexity index is 1010. The molecule has 15 unspecified atom stereocenters. The number of thiol groups is 10. The molecular weight excluding hydrogens is 1230 g/mol. The lowest BCUT2D eigenvalue weighted by molar-refractivity contribution is 0.153. The molecule has 1 rings (SSSR count). The van der Waals surface area contributed by atoms with Gasteiger partial charge in [0.2, 0.25) is 0 Å². The molecule has 0 aromatic rings. The summed E-state index contributed by atoms with van der Waals surface area (Å²) >= 11 is 62.3. The zero-order valence-corrected chi connectivity index (χ0v) is 61.2. The lowest BCUT2D eigenvalue weighted by atomic mass is 10.5. The zero-order chi connectivity index (χ0) is 53.6. The molecule has 1 aliphatic rings. The van der Waals surface area contributed by atoms with E-state index in [2.05, 4.69) is 240 Å². The highest BCUT2D eigenvalue weighted by Gasteiger charge is 2.19. The fourth-order valence-electron chi connectivity index (χ4n) is 3.70. The van der Waals surface area contributed by atoms with Gasteiger partial charge in [0.1, 0.15) is 6.10 Å². The molecule has 68 heavy (non-hydrogen) atoms. The van der Waals surface area contributed by atoms with Crippen molar-refractivity contribution < 1.29 is 9.53 Å². The average molecular weight is 1330 g/mol. The highest BCUT2D eigenvalue weighted by molar-refractivity contribution is 8.13. The van der Waals surface area contributed by atoms with Crippen molar-refractivity contribution in [2.24, 2.45) is 0 Å². The molecule has 1 fully saturated rings. The Kier molecular flexibility index (Phi) is 73.0. The van der Waals surface area contributed by atoms with Crippen LogP contribution in [0.2, 0.25) is 0 Å². The number of cyclic esters (lactones) is 1. The molecule has 0 spiro atoms. The normalized spacial score (nSPS) is 19.4. The molecular formula is C46H100O2S20. The Morgan fingerprint density at radius 3 is 0.824 bits per heavy atom. The van der Waals surface area contributed by atoms with E-state index in [0.29, 0.717) is 52.5 Å². The van der Waals surface area contributed by atoms with Crippen molar-refractivity contribution in [3.8, 4) is 0 Å². The molecule has 0 N–H and O–H groups in total. The fourth-order valence-corrected chi connectivity index (χ4v) is 16.0. The Labute approximate surface area is 521 Å². The van der Waals surface area contributed by atoms with Crippen LogP contribution in [0.15, 0.2) is 0 Å². The van der Waals surface area contributed by atoms with Gasteiger partial charge in [-0.2, -0.15) is 232 Å². The highest BCUT2D eigenvalue weighted by atomic mass is 32.2. The molecule has 0 aromatic carbocycles. The minimum Gasteiger partial charge on any atom is -0.454 e. The summed E-state index contributed by atoms with van der Waals surface area (Å²) in [6.07, 6.45) is 0.137. The molecule has 1 heterocycles. The third-order valence-corrected chi connectivity index (χ3v) is 27.4. The van der Waals surface area contributed by atoms with E-state index in [1.165, 1.54) is 34.8 Å². The van der Waals surface area contributed by atoms with Gasteiger partial charge in [-0.1, -0.05) is 96.9 Å². The van der Waals surface area contributed by atoms with Gasteiger partial charge in [0.05, 0.1) is 0 Å². The van der Waals surface area contributed by atoms with E-state index in [0.717, 1.165) is 84.3 Å². The molecule has 0 aliphatic carbocycles. The van der Waals surface area contributed by atoms with E-state index in [4.69, 9.17) is 0 Å². The van der Waals surface area contributed by atoms with Crippen molar-refractivity contribution in [1.29, 1.82) is 0 Å². The zero-order valence-electron chi connectivity index (χ0n) is 44.1. The molecule has 0 radical (unpaired) electrons. The summed E-state index contributed by atoms with van der Waals surface area (Å²) in [7, 11) is 0. The summed E-state index contributed by atoms with van der Waals surface area (Å²) in [5.41, 5.74) is 0. The molecule has 0 amide bonds. The molecule has 22 heteroatoms. The van der Waals surface area contributed by atoms with E-state index in [9.17, 15) is 4.79 Å². The van der Waals surface area contributed by atoms with Crippen molar-refractivity contribution in [3.63, 3.8) is 0 Å². The molecule has 1 saturated heterocycles.